The molecule has 4 unspecified atom stereocenters. The molecule has 2 aromatic rings. The van der Waals surface area contributed by atoms with Gasteiger partial charge >= 0.3 is 0 Å². The largest absolute Gasteiger partial charge is 0.335 e. The van der Waals surface area contributed by atoms with Crippen LogP contribution in [0.1, 0.15) is 17.9 Å². The van der Waals surface area contributed by atoms with E-state index in [-0.39, 0.29) is 24.1 Å². The van der Waals surface area contributed by atoms with Crippen LogP contribution >= 0.6 is 0 Å². The van der Waals surface area contributed by atoms with Gasteiger partial charge in [0.05, 0.1) is 23.1 Å². The number of carbonyl (C=O) groups excluding carboxylic acids is 1. The predicted molar refractivity (Wildman–Crippen MR) is 105 cm³/mol. The van der Waals surface area contributed by atoms with Crippen molar-refractivity contribution in [1.82, 2.24) is 9.62 Å². The molecule has 1 N–H and O–H groups in total. The van der Waals surface area contributed by atoms with Gasteiger partial charge in [0, 0.05) is 18.7 Å². The number of alkyl halides is 2. The van der Waals surface area contributed by atoms with Crippen LogP contribution in [0, 0.1) is 23.4 Å². The van der Waals surface area contributed by atoms with E-state index in [1.54, 1.807) is 0 Å². The van der Waals surface area contributed by atoms with Crippen LogP contribution in [0.15, 0.2) is 36.4 Å². The highest BCUT2D eigenvalue weighted by atomic mass is 32.2. The zero-order valence-electron chi connectivity index (χ0n) is 16.4. The number of nitrogens with zero attached hydrogens (tertiary/aromatic N) is 1. The fraction of sp³-hybridized carbons (Fsp3) is 0.381. The summed E-state index contributed by atoms with van der Waals surface area (Å²) in [5, 5.41) is 0. The summed E-state index contributed by atoms with van der Waals surface area (Å²) in [5.74, 6) is -7.74. The van der Waals surface area contributed by atoms with Gasteiger partial charge in [-0.3, -0.25) is 4.79 Å². The number of halogens is 5. The Balaban J connectivity index is 1.59. The maximum absolute atomic E-state index is 14.7. The second-order valence-corrected chi connectivity index (χ2v) is 8.99. The lowest BCUT2D eigenvalue weighted by atomic mass is 9.94. The lowest BCUT2D eigenvalue weighted by Crippen LogP contribution is -2.44. The lowest BCUT2D eigenvalue weighted by molar-refractivity contribution is -0.133. The van der Waals surface area contributed by atoms with Gasteiger partial charge in [-0.15, -0.1) is 0 Å². The molecule has 2 aromatic carbocycles. The van der Waals surface area contributed by atoms with Crippen molar-refractivity contribution < 1.29 is 31.0 Å². The highest BCUT2D eigenvalue weighted by Crippen LogP contribution is 2.53. The van der Waals surface area contributed by atoms with E-state index in [0.717, 1.165) is 23.1 Å². The van der Waals surface area contributed by atoms with Gasteiger partial charge in [-0.1, -0.05) is 18.2 Å². The molecule has 0 aromatic heterocycles. The third kappa shape index (κ3) is 4.10. The van der Waals surface area contributed by atoms with Crippen molar-refractivity contribution in [2.75, 3.05) is 19.3 Å². The van der Waals surface area contributed by atoms with E-state index in [2.05, 4.69) is 4.72 Å². The maximum Gasteiger partial charge on any atom is 0.282 e. The van der Waals surface area contributed by atoms with Gasteiger partial charge in [0.15, 0.2) is 0 Å². The molecule has 1 saturated carbocycles. The standard InChI is InChI=1S/C21H19F5N2O2S/c1-31(30)27-17-9-28(10-21(17,25)26)20(29)13-8-12(13)18-11(4-2-5-14(18)22)19-15(23)6-3-7-16(19)24/h2-7,12-13,17,27H,8-10H2,1H3. The van der Waals surface area contributed by atoms with Crippen molar-refractivity contribution in [3.8, 4) is 11.1 Å². The van der Waals surface area contributed by atoms with Crippen LogP contribution in [0.2, 0.25) is 0 Å². The minimum atomic E-state index is -3.26. The highest BCUT2D eigenvalue weighted by molar-refractivity contribution is 7.82. The van der Waals surface area contributed by atoms with Crippen LogP contribution in [-0.4, -0.2) is 46.3 Å². The second kappa shape index (κ2) is 7.98. The number of likely N-dealkylation sites (tertiary alicyclic amines) is 1. The van der Waals surface area contributed by atoms with Crippen LogP contribution in [0.25, 0.3) is 11.1 Å². The first-order chi connectivity index (χ1) is 14.6. The third-order valence-electron chi connectivity index (χ3n) is 5.70. The van der Waals surface area contributed by atoms with E-state index >= 15 is 0 Å². The third-order valence-corrected chi connectivity index (χ3v) is 6.31. The van der Waals surface area contributed by atoms with Gasteiger partial charge in [-0.05, 0) is 41.7 Å². The summed E-state index contributed by atoms with van der Waals surface area (Å²) in [6.07, 6.45) is 1.40. The average molecular weight is 458 g/mol. The molecule has 1 aliphatic heterocycles. The molecule has 0 spiro atoms. The molecule has 2 aliphatic rings. The molecular weight excluding hydrogens is 439 g/mol. The number of benzene rings is 2. The topological polar surface area (TPSA) is 49.4 Å². The van der Waals surface area contributed by atoms with Crippen molar-refractivity contribution in [3.63, 3.8) is 0 Å². The summed E-state index contributed by atoms with van der Waals surface area (Å²) in [7, 11) is -1.68. The number of hydrogen-bond acceptors (Lipinski definition) is 2. The van der Waals surface area contributed by atoms with Crippen molar-refractivity contribution in [2.45, 2.75) is 24.3 Å². The van der Waals surface area contributed by atoms with Crippen LogP contribution in [-0.2, 0) is 15.8 Å². The molecule has 0 bridgehead atoms. The van der Waals surface area contributed by atoms with E-state index in [1.165, 1.54) is 24.5 Å². The molecule has 0 radical (unpaired) electrons. The number of rotatable bonds is 5. The predicted octanol–water partition coefficient (Wildman–Crippen LogP) is 3.60. The zero-order chi connectivity index (χ0) is 22.5. The van der Waals surface area contributed by atoms with Gasteiger partial charge in [0.1, 0.15) is 23.5 Å². The first-order valence-electron chi connectivity index (χ1n) is 9.59. The van der Waals surface area contributed by atoms with E-state index in [0.29, 0.717) is 0 Å². The number of carbonyl (C=O) groups is 1. The lowest BCUT2D eigenvalue weighted by Gasteiger charge is -2.17. The van der Waals surface area contributed by atoms with Gasteiger partial charge < -0.3 is 4.90 Å². The SMILES string of the molecule is CS(=O)NC1CN(C(=O)C2CC2c2c(F)cccc2-c2c(F)cccc2F)CC1(F)F. The normalized spacial score (nSPS) is 25.5. The van der Waals surface area contributed by atoms with Crippen LogP contribution < -0.4 is 4.72 Å². The molecule has 1 amide bonds. The maximum atomic E-state index is 14.7. The Morgan fingerprint density at radius 1 is 1.10 bits per heavy atom. The molecule has 10 heteroatoms. The number of hydrogen-bond donors (Lipinski definition) is 1. The fourth-order valence-corrected chi connectivity index (χ4v) is 4.83. The van der Waals surface area contributed by atoms with E-state index < -0.39 is 70.3 Å². The summed E-state index contributed by atoms with van der Waals surface area (Å²) < 4.78 is 85.2. The van der Waals surface area contributed by atoms with Crippen molar-refractivity contribution in [1.29, 1.82) is 0 Å². The van der Waals surface area contributed by atoms with Crippen LogP contribution in [0.5, 0.6) is 0 Å². The van der Waals surface area contributed by atoms with E-state index in [4.69, 9.17) is 0 Å². The van der Waals surface area contributed by atoms with Gasteiger partial charge in [-0.2, -0.15) is 0 Å². The highest BCUT2D eigenvalue weighted by Gasteiger charge is 2.55. The quantitative estimate of drug-likeness (QED) is 0.697. The first-order valence-corrected chi connectivity index (χ1v) is 11.1. The van der Waals surface area contributed by atoms with E-state index in [1.807, 2.05) is 0 Å². The Hall–Kier alpha value is -2.33. The van der Waals surface area contributed by atoms with Crippen molar-refractivity contribution in [3.05, 3.63) is 59.4 Å². The summed E-state index contributed by atoms with van der Waals surface area (Å²) in [6, 6.07) is 5.69. The summed E-state index contributed by atoms with van der Waals surface area (Å²) in [4.78, 5) is 13.8. The second-order valence-electron chi connectivity index (χ2n) is 7.85. The van der Waals surface area contributed by atoms with Crippen LogP contribution in [0.4, 0.5) is 22.0 Å². The molecule has 2 fully saturated rings. The van der Waals surface area contributed by atoms with E-state index in [9.17, 15) is 31.0 Å². The molecule has 1 aliphatic carbocycles. The smallest absolute Gasteiger partial charge is 0.282 e. The average Bonchev–Trinajstić information content (AvgIpc) is 3.40. The molecule has 166 valence electrons. The Kier molecular flexibility index (Phi) is 5.63. The fourth-order valence-electron chi connectivity index (χ4n) is 4.18. The monoisotopic (exact) mass is 458 g/mol. The first kappa shape index (κ1) is 21.9. The van der Waals surface area contributed by atoms with Crippen molar-refractivity contribution >= 4 is 16.9 Å². The summed E-state index contributed by atoms with van der Waals surface area (Å²) in [6.45, 7) is -1.17. The van der Waals surface area contributed by atoms with Gasteiger partial charge in [0.2, 0.25) is 5.91 Å². The molecule has 4 atom stereocenters. The Bertz CT molecular complexity index is 1040. The Labute approximate surface area is 178 Å². The molecular formula is C21H19F5N2O2S. The molecule has 31 heavy (non-hydrogen) atoms. The molecule has 1 heterocycles. The number of nitrogens with one attached hydrogen (secondary N) is 1. The molecule has 4 nitrogen and oxygen atoms in total. The zero-order valence-corrected chi connectivity index (χ0v) is 17.2. The van der Waals surface area contributed by atoms with Gasteiger partial charge in [0.25, 0.3) is 5.92 Å². The molecule has 1 saturated heterocycles. The molecule has 4 rings (SSSR count). The van der Waals surface area contributed by atoms with Crippen LogP contribution in [0.3, 0.4) is 0 Å². The minimum Gasteiger partial charge on any atom is -0.335 e. The Morgan fingerprint density at radius 2 is 1.71 bits per heavy atom. The summed E-state index contributed by atoms with van der Waals surface area (Å²) >= 11 is 0. The minimum absolute atomic E-state index is 0.000133. The van der Waals surface area contributed by atoms with Crippen molar-refractivity contribution in [2.24, 2.45) is 5.92 Å². The summed E-state index contributed by atoms with van der Waals surface area (Å²) in [5.41, 5.74) is -0.388. The number of amides is 1. The Morgan fingerprint density at radius 3 is 2.35 bits per heavy atom. The van der Waals surface area contributed by atoms with Gasteiger partial charge in [-0.25, -0.2) is 30.9 Å².